The van der Waals surface area contributed by atoms with Crippen molar-refractivity contribution in [3.05, 3.63) is 66.1 Å². The third-order valence-corrected chi connectivity index (χ3v) is 2.89. The second-order valence-electron chi connectivity index (χ2n) is 4.18. The van der Waals surface area contributed by atoms with E-state index in [1.807, 2.05) is 30.3 Å². The van der Waals surface area contributed by atoms with Gasteiger partial charge < -0.3 is 4.74 Å². The van der Waals surface area contributed by atoms with Gasteiger partial charge in [0.1, 0.15) is 23.4 Å². The van der Waals surface area contributed by atoms with Crippen LogP contribution in [0.2, 0.25) is 0 Å². The standard InChI is InChI=1S/C16H9FN2O/c17-12-6-7-15(11(9-12)10-18)20-16-5-1-4-14-13(16)3-2-8-19-14/h1-9H. The van der Waals surface area contributed by atoms with Crippen LogP contribution in [0.4, 0.5) is 4.39 Å². The molecule has 0 radical (unpaired) electrons. The van der Waals surface area contributed by atoms with Crippen molar-refractivity contribution in [2.24, 2.45) is 0 Å². The SMILES string of the molecule is N#Cc1cc(F)ccc1Oc1cccc2ncccc12. The molecule has 0 atom stereocenters. The Bertz CT molecular complexity index is 819. The number of hydrogen-bond donors (Lipinski definition) is 0. The quantitative estimate of drug-likeness (QED) is 0.701. The number of hydrogen-bond acceptors (Lipinski definition) is 3. The van der Waals surface area contributed by atoms with Crippen molar-refractivity contribution < 1.29 is 9.13 Å². The number of benzene rings is 2. The Labute approximate surface area is 114 Å². The highest BCUT2D eigenvalue weighted by Gasteiger charge is 2.08. The van der Waals surface area contributed by atoms with E-state index in [4.69, 9.17) is 10.00 Å². The van der Waals surface area contributed by atoms with Crippen LogP contribution in [0, 0.1) is 17.1 Å². The molecule has 0 bridgehead atoms. The van der Waals surface area contributed by atoms with Gasteiger partial charge >= 0.3 is 0 Å². The van der Waals surface area contributed by atoms with Crippen LogP contribution in [0.1, 0.15) is 5.56 Å². The number of ether oxygens (including phenoxy) is 1. The van der Waals surface area contributed by atoms with E-state index in [0.29, 0.717) is 11.5 Å². The fraction of sp³-hybridized carbons (Fsp3) is 0. The van der Waals surface area contributed by atoms with Crippen molar-refractivity contribution in [3.63, 3.8) is 0 Å². The molecule has 20 heavy (non-hydrogen) atoms. The minimum absolute atomic E-state index is 0.158. The lowest BCUT2D eigenvalue weighted by Crippen LogP contribution is -1.91. The van der Waals surface area contributed by atoms with E-state index in [0.717, 1.165) is 17.0 Å². The molecular weight excluding hydrogens is 255 g/mol. The van der Waals surface area contributed by atoms with E-state index in [2.05, 4.69) is 4.98 Å². The summed E-state index contributed by atoms with van der Waals surface area (Å²) >= 11 is 0. The maximum Gasteiger partial charge on any atom is 0.145 e. The van der Waals surface area contributed by atoms with Gasteiger partial charge in [-0.15, -0.1) is 0 Å². The molecule has 0 fully saturated rings. The van der Waals surface area contributed by atoms with Crippen molar-refractivity contribution in [1.29, 1.82) is 5.26 Å². The topological polar surface area (TPSA) is 45.9 Å². The van der Waals surface area contributed by atoms with Crippen molar-refractivity contribution in [2.75, 3.05) is 0 Å². The third kappa shape index (κ3) is 2.17. The molecule has 1 aromatic heterocycles. The minimum Gasteiger partial charge on any atom is -0.455 e. The Morgan fingerprint density at radius 3 is 2.80 bits per heavy atom. The maximum absolute atomic E-state index is 13.1. The van der Waals surface area contributed by atoms with E-state index in [9.17, 15) is 4.39 Å². The zero-order valence-corrected chi connectivity index (χ0v) is 10.4. The largest absolute Gasteiger partial charge is 0.455 e. The first-order chi connectivity index (χ1) is 9.78. The second kappa shape index (κ2) is 4.98. The first kappa shape index (κ1) is 12.1. The third-order valence-electron chi connectivity index (χ3n) is 2.89. The van der Waals surface area contributed by atoms with Gasteiger partial charge in [0.15, 0.2) is 0 Å². The summed E-state index contributed by atoms with van der Waals surface area (Å²) in [6.45, 7) is 0. The summed E-state index contributed by atoms with van der Waals surface area (Å²) < 4.78 is 18.8. The predicted molar refractivity (Wildman–Crippen MR) is 72.9 cm³/mol. The van der Waals surface area contributed by atoms with Crippen LogP contribution in [-0.2, 0) is 0 Å². The van der Waals surface area contributed by atoms with Gasteiger partial charge in [-0.25, -0.2) is 4.39 Å². The summed E-state index contributed by atoms with van der Waals surface area (Å²) in [5, 5.41) is 9.86. The van der Waals surface area contributed by atoms with Crippen molar-refractivity contribution in [3.8, 4) is 17.6 Å². The van der Waals surface area contributed by atoms with Gasteiger partial charge in [-0.1, -0.05) is 6.07 Å². The van der Waals surface area contributed by atoms with Gasteiger partial charge in [0.2, 0.25) is 0 Å². The highest BCUT2D eigenvalue weighted by molar-refractivity contribution is 5.85. The summed E-state index contributed by atoms with van der Waals surface area (Å²) in [5.41, 5.74) is 0.955. The van der Waals surface area contributed by atoms with Crippen LogP contribution in [0.3, 0.4) is 0 Å². The van der Waals surface area contributed by atoms with E-state index in [-0.39, 0.29) is 5.56 Å². The van der Waals surface area contributed by atoms with Gasteiger partial charge in [-0.2, -0.15) is 5.26 Å². The highest BCUT2D eigenvalue weighted by atomic mass is 19.1. The molecule has 0 saturated carbocycles. The minimum atomic E-state index is -0.464. The second-order valence-corrected chi connectivity index (χ2v) is 4.18. The molecule has 0 N–H and O–H groups in total. The Balaban J connectivity index is 2.08. The van der Waals surface area contributed by atoms with Gasteiger partial charge in [0, 0.05) is 11.6 Å². The molecular formula is C16H9FN2O. The van der Waals surface area contributed by atoms with Crippen LogP contribution < -0.4 is 4.74 Å². The summed E-state index contributed by atoms with van der Waals surface area (Å²) in [7, 11) is 0. The Morgan fingerprint density at radius 2 is 1.95 bits per heavy atom. The molecule has 0 saturated heterocycles. The number of nitrogens with zero attached hydrogens (tertiary/aromatic N) is 2. The van der Waals surface area contributed by atoms with Crippen LogP contribution >= 0.6 is 0 Å². The molecule has 3 rings (SSSR count). The molecule has 2 aromatic carbocycles. The summed E-state index contributed by atoms with van der Waals surface area (Å²) in [6.07, 6.45) is 1.70. The average molecular weight is 264 g/mol. The summed E-state index contributed by atoms with van der Waals surface area (Å²) in [5.74, 6) is 0.442. The van der Waals surface area contributed by atoms with E-state index < -0.39 is 5.82 Å². The number of nitriles is 1. The molecule has 96 valence electrons. The lowest BCUT2D eigenvalue weighted by Gasteiger charge is -2.09. The van der Waals surface area contributed by atoms with Gasteiger partial charge in [-0.05, 0) is 42.5 Å². The molecule has 3 aromatic rings. The number of rotatable bonds is 2. The van der Waals surface area contributed by atoms with E-state index in [1.165, 1.54) is 12.1 Å². The Kier molecular flexibility index (Phi) is 3.02. The fourth-order valence-electron chi connectivity index (χ4n) is 1.96. The number of aromatic nitrogens is 1. The summed E-state index contributed by atoms with van der Waals surface area (Å²) in [6, 6.07) is 15.0. The highest BCUT2D eigenvalue weighted by Crippen LogP contribution is 2.30. The van der Waals surface area contributed by atoms with Gasteiger partial charge in [0.25, 0.3) is 0 Å². The molecule has 3 nitrogen and oxygen atoms in total. The molecule has 0 aliphatic rings. The van der Waals surface area contributed by atoms with Gasteiger partial charge in [-0.3, -0.25) is 4.98 Å². The molecule has 0 spiro atoms. The molecule has 0 amide bonds. The zero-order valence-electron chi connectivity index (χ0n) is 10.4. The van der Waals surface area contributed by atoms with Gasteiger partial charge in [0.05, 0.1) is 11.1 Å². The lowest BCUT2D eigenvalue weighted by atomic mass is 10.2. The Morgan fingerprint density at radius 1 is 1.05 bits per heavy atom. The number of halogens is 1. The predicted octanol–water partition coefficient (Wildman–Crippen LogP) is 4.04. The van der Waals surface area contributed by atoms with Crippen LogP contribution in [0.15, 0.2) is 54.7 Å². The zero-order chi connectivity index (χ0) is 13.9. The smallest absolute Gasteiger partial charge is 0.145 e. The number of pyridine rings is 1. The van der Waals surface area contributed by atoms with Crippen LogP contribution in [0.25, 0.3) is 10.9 Å². The molecule has 1 heterocycles. The van der Waals surface area contributed by atoms with Crippen molar-refractivity contribution in [2.45, 2.75) is 0 Å². The first-order valence-corrected chi connectivity index (χ1v) is 5.99. The monoisotopic (exact) mass is 264 g/mol. The molecule has 0 aliphatic carbocycles. The Hall–Kier alpha value is -2.93. The number of fused-ring (bicyclic) bond motifs is 1. The lowest BCUT2D eigenvalue weighted by molar-refractivity contribution is 0.484. The van der Waals surface area contributed by atoms with E-state index in [1.54, 1.807) is 12.3 Å². The molecule has 4 heteroatoms. The van der Waals surface area contributed by atoms with Crippen molar-refractivity contribution in [1.82, 2.24) is 4.98 Å². The first-order valence-electron chi connectivity index (χ1n) is 5.99. The maximum atomic E-state index is 13.1. The van der Waals surface area contributed by atoms with Crippen LogP contribution in [0.5, 0.6) is 11.5 Å². The average Bonchev–Trinajstić information content (AvgIpc) is 2.49. The molecule has 0 unspecified atom stereocenters. The normalized spacial score (nSPS) is 10.2. The fourth-order valence-corrected chi connectivity index (χ4v) is 1.96. The summed E-state index contributed by atoms with van der Waals surface area (Å²) in [4.78, 5) is 4.24. The van der Waals surface area contributed by atoms with E-state index >= 15 is 0 Å². The van der Waals surface area contributed by atoms with Crippen LogP contribution in [-0.4, -0.2) is 4.98 Å². The molecule has 0 aliphatic heterocycles. The van der Waals surface area contributed by atoms with Crippen molar-refractivity contribution >= 4 is 10.9 Å².